The summed E-state index contributed by atoms with van der Waals surface area (Å²) in [5.41, 5.74) is 13.1. The largest absolute Gasteiger partial charge is 0.398 e. The molecule has 0 amide bonds. The highest BCUT2D eigenvalue weighted by Gasteiger charge is 2.18. The minimum Gasteiger partial charge on any atom is -0.398 e. The zero-order chi connectivity index (χ0) is 15.8. The van der Waals surface area contributed by atoms with Gasteiger partial charge in [-0.25, -0.2) is 0 Å². The van der Waals surface area contributed by atoms with Crippen molar-refractivity contribution in [3.63, 3.8) is 0 Å². The molecule has 1 aliphatic rings. The topological polar surface area (TPSA) is 42.1 Å². The molecule has 0 bridgehead atoms. The maximum Gasteiger partial charge on any atom is 0.0705 e. The van der Waals surface area contributed by atoms with Gasteiger partial charge in [0.25, 0.3) is 0 Å². The van der Waals surface area contributed by atoms with Gasteiger partial charge in [-0.3, -0.25) is 4.98 Å². The van der Waals surface area contributed by atoms with E-state index in [0.717, 1.165) is 42.8 Å². The van der Waals surface area contributed by atoms with E-state index in [9.17, 15) is 0 Å². The van der Waals surface area contributed by atoms with Gasteiger partial charge in [0.1, 0.15) is 0 Å². The number of hydrogen-bond acceptors (Lipinski definition) is 3. The number of anilines is 2. The van der Waals surface area contributed by atoms with E-state index in [1.807, 2.05) is 13.0 Å². The Labute approximate surface area is 136 Å². The Morgan fingerprint density at radius 3 is 2.96 bits per heavy atom. The molecule has 0 saturated carbocycles. The summed E-state index contributed by atoms with van der Waals surface area (Å²) in [4.78, 5) is 7.02. The molecule has 3 aromatic rings. The number of hydrogen-bond donors (Lipinski definition) is 1. The summed E-state index contributed by atoms with van der Waals surface area (Å²) in [6.07, 6.45) is 2.25. The second-order valence-electron chi connectivity index (χ2n) is 6.35. The number of rotatable bonds is 2. The van der Waals surface area contributed by atoms with Gasteiger partial charge in [0.05, 0.1) is 5.52 Å². The lowest BCUT2D eigenvalue weighted by Crippen LogP contribution is -2.29. The van der Waals surface area contributed by atoms with Crippen molar-refractivity contribution in [2.24, 2.45) is 0 Å². The molecule has 1 aromatic heterocycles. The van der Waals surface area contributed by atoms with Gasteiger partial charge >= 0.3 is 0 Å². The lowest BCUT2D eigenvalue weighted by molar-refractivity contribution is 0.693. The molecule has 3 heteroatoms. The normalized spacial score (nSPS) is 14.0. The first-order chi connectivity index (χ1) is 11.2. The lowest BCUT2D eigenvalue weighted by Gasteiger charge is -2.32. The maximum atomic E-state index is 6.15. The number of pyridine rings is 1. The molecular weight excluding hydrogens is 282 g/mol. The molecule has 0 spiro atoms. The SMILES string of the molecule is Cc1ccc2cc(CN3CCCc4c(N)cccc43)ccc2n1. The summed E-state index contributed by atoms with van der Waals surface area (Å²) in [6, 6.07) is 17.1. The van der Waals surface area contributed by atoms with Crippen LogP contribution in [-0.2, 0) is 13.0 Å². The Bertz CT molecular complexity index is 870. The summed E-state index contributed by atoms with van der Waals surface area (Å²) in [5, 5.41) is 1.21. The van der Waals surface area contributed by atoms with E-state index in [0.29, 0.717) is 0 Å². The Kier molecular flexibility index (Phi) is 3.41. The minimum atomic E-state index is 0.917. The van der Waals surface area contributed by atoms with Crippen LogP contribution in [0.25, 0.3) is 10.9 Å². The number of benzene rings is 2. The fourth-order valence-electron chi connectivity index (χ4n) is 3.49. The Balaban J connectivity index is 1.67. The number of aryl methyl sites for hydroxylation is 1. The average molecular weight is 303 g/mol. The van der Waals surface area contributed by atoms with Gasteiger partial charge in [0.15, 0.2) is 0 Å². The van der Waals surface area contributed by atoms with Crippen LogP contribution in [0.5, 0.6) is 0 Å². The molecule has 2 aromatic carbocycles. The number of fused-ring (bicyclic) bond motifs is 2. The Hall–Kier alpha value is -2.55. The van der Waals surface area contributed by atoms with Crippen molar-refractivity contribution in [2.45, 2.75) is 26.3 Å². The van der Waals surface area contributed by atoms with Crippen molar-refractivity contribution >= 4 is 22.3 Å². The monoisotopic (exact) mass is 303 g/mol. The Morgan fingerprint density at radius 2 is 2.04 bits per heavy atom. The predicted octanol–water partition coefficient (Wildman–Crippen LogP) is 4.08. The number of nitrogen functional groups attached to an aromatic ring is 1. The van der Waals surface area contributed by atoms with Crippen LogP contribution in [-0.4, -0.2) is 11.5 Å². The van der Waals surface area contributed by atoms with E-state index in [4.69, 9.17) is 5.73 Å². The van der Waals surface area contributed by atoms with Gasteiger partial charge in [-0.2, -0.15) is 0 Å². The lowest BCUT2D eigenvalue weighted by atomic mass is 9.99. The molecule has 0 atom stereocenters. The summed E-state index contributed by atoms with van der Waals surface area (Å²) in [7, 11) is 0. The van der Waals surface area contributed by atoms with Crippen LogP contribution >= 0.6 is 0 Å². The molecular formula is C20H21N3. The van der Waals surface area contributed by atoms with Crippen molar-refractivity contribution < 1.29 is 0 Å². The Morgan fingerprint density at radius 1 is 1.13 bits per heavy atom. The highest BCUT2D eigenvalue weighted by Crippen LogP contribution is 2.32. The number of aromatic nitrogens is 1. The third-order valence-electron chi connectivity index (χ3n) is 4.65. The first kappa shape index (κ1) is 14.1. The first-order valence-electron chi connectivity index (χ1n) is 8.19. The standard InChI is InChI=1S/C20H21N3/c1-14-7-9-16-12-15(8-10-19(16)22-14)13-23-11-3-4-17-18(21)5-2-6-20(17)23/h2,5-10,12H,3-4,11,13,21H2,1H3. The molecule has 0 fully saturated rings. The van der Waals surface area contributed by atoms with Gasteiger partial charge in [0.2, 0.25) is 0 Å². The minimum absolute atomic E-state index is 0.917. The number of nitrogens with zero attached hydrogens (tertiary/aromatic N) is 2. The van der Waals surface area contributed by atoms with E-state index in [-0.39, 0.29) is 0 Å². The van der Waals surface area contributed by atoms with Gasteiger partial charge in [-0.1, -0.05) is 18.2 Å². The molecule has 3 nitrogen and oxygen atoms in total. The second-order valence-corrected chi connectivity index (χ2v) is 6.35. The van der Waals surface area contributed by atoms with E-state index in [2.05, 4.69) is 52.3 Å². The first-order valence-corrected chi connectivity index (χ1v) is 8.19. The molecule has 4 rings (SSSR count). The van der Waals surface area contributed by atoms with Crippen LogP contribution in [0, 0.1) is 6.92 Å². The summed E-state index contributed by atoms with van der Waals surface area (Å²) >= 11 is 0. The van der Waals surface area contributed by atoms with Crippen LogP contribution in [0.1, 0.15) is 23.2 Å². The molecule has 0 radical (unpaired) electrons. The maximum absolute atomic E-state index is 6.15. The quantitative estimate of drug-likeness (QED) is 0.725. The van der Waals surface area contributed by atoms with Crippen molar-refractivity contribution in [3.8, 4) is 0 Å². The van der Waals surface area contributed by atoms with Crippen molar-refractivity contribution in [1.82, 2.24) is 4.98 Å². The number of nitrogens with two attached hydrogens (primary N) is 1. The summed E-state index contributed by atoms with van der Waals surface area (Å²) in [6.45, 7) is 4.03. The highest BCUT2D eigenvalue weighted by atomic mass is 15.1. The van der Waals surface area contributed by atoms with Crippen LogP contribution in [0.15, 0.2) is 48.5 Å². The molecule has 0 aliphatic carbocycles. The second kappa shape index (κ2) is 5.58. The van der Waals surface area contributed by atoms with Crippen LogP contribution < -0.4 is 10.6 Å². The highest BCUT2D eigenvalue weighted by molar-refractivity contribution is 5.79. The molecule has 1 aliphatic heterocycles. The van der Waals surface area contributed by atoms with Gasteiger partial charge in [-0.05, 0) is 61.2 Å². The van der Waals surface area contributed by atoms with E-state index < -0.39 is 0 Å². The van der Waals surface area contributed by atoms with Crippen molar-refractivity contribution in [3.05, 3.63) is 65.4 Å². The fourth-order valence-corrected chi connectivity index (χ4v) is 3.49. The molecule has 116 valence electrons. The van der Waals surface area contributed by atoms with E-state index in [1.165, 1.54) is 22.2 Å². The van der Waals surface area contributed by atoms with Crippen LogP contribution in [0.2, 0.25) is 0 Å². The van der Waals surface area contributed by atoms with Crippen molar-refractivity contribution in [2.75, 3.05) is 17.2 Å². The van der Waals surface area contributed by atoms with Gasteiger partial charge in [-0.15, -0.1) is 0 Å². The van der Waals surface area contributed by atoms with Gasteiger partial charge in [0, 0.05) is 35.5 Å². The predicted molar refractivity (Wildman–Crippen MR) is 96.7 cm³/mol. The molecule has 23 heavy (non-hydrogen) atoms. The summed E-state index contributed by atoms with van der Waals surface area (Å²) in [5.74, 6) is 0. The average Bonchev–Trinajstić information content (AvgIpc) is 2.56. The van der Waals surface area contributed by atoms with E-state index in [1.54, 1.807) is 0 Å². The molecule has 2 heterocycles. The molecule has 0 unspecified atom stereocenters. The van der Waals surface area contributed by atoms with Crippen molar-refractivity contribution in [1.29, 1.82) is 0 Å². The van der Waals surface area contributed by atoms with Crippen LogP contribution in [0.3, 0.4) is 0 Å². The van der Waals surface area contributed by atoms with Gasteiger partial charge < -0.3 is 10.6 Å². The molecule has 2 N–H and O–H groups in total. The smallest absolute Gasteiger partial charge is 0.0705 e. The zero-order valence-electron chi connectivity index (χ0n) is 13.4. The third-order valence-corrected chi connectivity index (χ3v) is 4.65. The third kappa shape index (κ3) is 2.63. The van der Waals surface area contributed by atoms with Crippen LogP contribution in [0.4, 0.5) is 11.4 Å². The molecule has 0 saturated heterocycles. The fraction of sp³-hybridized carbons (Fsp3) is 0.250. The van der Waals surface area contributed by atoms with E-state index >= 15 is 0 Å². The summed E-state index contributed by atoms with van der Waals surface area (Å²) < 4.78 is 0. The zero-order valence-corrected chi connectivity index (χ0v) is 13.4.